The van der Waals surface area contributed by atoms with E-state index >= 15 is 0 Å². The molecule has 1 aromatic rings. The molecule has 19 heavy (non-hydrogen) atoms. The molecular weight excluding hydrogens is 252 g/mol. The summed E-state index contributed by atoms with van der Waals surface area (Å²) in [6.45, 7) is 2.13. The number of unbranched alkanes of at least 4 members (excludes halogenated alkanes) is 1. The van der Waals surface area contributed by atoms with Gasteiger partial charge in [0.1, 0.15) is 11.6 Å². The molecule has 2 N–H and O–H groups in total. The molecule has 0 saturated heterocycles. The van der Waals surface area contributed by atoms with Crippen LogP contribution in [-0.2, 0) is 9.53 Å². The van der Waals surface area contributed by atoms with Crippen molar-refractivity contribution in [1.29, 1.82) is 0 Å². The first-order valence-corrected chi connectivity index (χ1v) is 6.40. The summed E-state index contributed by atoms with van der Waals surface area (Å²) >= 11 is 0. The van der Waals surface area contributed by atoms with Gasteiger partial charge in [-0.3, -0.25) is 4.79 Å². The highest BCUT2D eigenvalue weighted by molar-refractivity contribution is 5.69. The van der Waals surface area contributed by atoms with E-state index < -0.39 is 17.7 Å². The Balaban J connectivity index is 2.35. The van der Waals surface area contributed by atoms with Crippen molar-refractivity contribution in [1.82, 2.24) is 0 Å². The average molecular weight is 271 g/mol. The molecule has 0 aliphatic heterocycles. The third kappa shape index (κ3) is 5.34. The molecule has 0 aliphatic carbocycles. The van der Waals surface area contributed by atoms with Crippen LogP contribution in [0.25, 0.3) is 0 Å². The van der Waals surface area contributed by atoms with Gasteiger partial charge in [0.25, 0.3) is 0 Å². The summed E-state index contributed by atoms with van der Waals surface area (Å²) in [6.07, 6.45) is 2.22. The number of benzene rings is 1. The van der Waals surface area contributed by atoms with Gasteiger partial charge in [-0.15, -0.1) is 0 Å². The van der Waals surface area contributed by atoms with Gasteiger partial charge in [-0.2, -0.15) is 0 Å². The summed E-state index contributed by atoms with van der Waals surface area (Å²) in [4.78, 5) is 11.1. The standard InChI is InChI=1S/C14H19F2NO2/c1-2-19-14(18)6-4-3-5-13(17)11-8-7-10(15)9-12(11)16/h7-9,13H,2-6,17H2,1H3. The minimum atomic E-state index is -0.627. The molecule has 1 rings (SSSR count). The third-order valence-electron chi connectivity index (χ3n) is 2.81. The van der Waals surface area contributed by atoms with Crippen molar-refractivity contribution in [3.8, 4) is 0 Å². The van der Waals surface area contributed by atoms with E-state index in [9.17, 15) is 13.6 Å². The Morgan fingerprint density at radius 2 is 2.11 bits per heavy atom. The van der Waals surface area contributed by atoms with Crippen LogP contribution in [0.1, 0.15) is 44.2 Å². The van der Waals surface area contributed by atoms with Crippen molar-refractivity contribution in [3.05, 3.63) is 35.4 Å². The molecule has 1 aromatic carbocycles. The maximum Gasteiger partial charge on any atom is 0.305 e. The van der Waals surface area contributed by atoms with Gasteiger partial charge in [0.2, 0.25) is 0 Å². The van der Waals surface area contributed by atoms with Gasteiger partial charge in [0, 0.05) is 24.1 Å². The van der Waals surface area contributed by atoms with Crippen molar-refractivity contribution in [2.24, 2.45) is 5.73 Å². The van der Waals surface area contributed by atoms with Crippen molar-refractivity contribution in [2.75, 3.05) is 6.61 Å². The van der Waals surface area contributed by atoms with Crippen LogP contribution in [-0.4, -0.2) is 12.6 Å². The first kappa shape index (κ1) is 15.6. The number of rotatable bonds is 7. The van der Waals surface area contributed by atoms with E-state index in [2.05, 4.69) is 0 Å². The second-order valence-electron chi connectivity index (χ2n) is 4.32. The number of esters is 1. The molecule has 0 heterocycles. The molecule has 5 heteroatoms. The predicted molar refractivity (Wildman–Crippen MR) is 68.4 cm³/mol. The Morgan fingerprint density at radius 1 is 1.37 bits per heavy atom. The lowest BCUT2D eigenvalue weighted by molar-refractivity contribution is -0.143. The van der Waals surface area contributed by atoms with Gasteiger partial charge in [-0.05, 0) is 25.8 Å². The van der Waals surface area contributed by atoms with Crippen molar-refractivity contribution < 1.29 is 18.3 Å². The summed E-state index contributed by atoms with van der Waals surface area (Å²) < 4.78 is 31.0. The molecule has 3 nitrogen and oxygen atoms in total. The quantitative estimate of drug-likeness (QED) is 0.612. The first-order chi connectivity index (χ1) is 9.04. The van der Waals surface area contributed by atoms with Crippen LogP contribution in [0.2, 0.25) is 0 Å². The minimum Gasteiger partial charge on any atom is -0.466 e. The fraction of sp³-hybridized carbons (Fsp3) is 0.500. The van der Waals surface area contributed by atoms with Gasteiger partial charge < -0.3 is 10.5 Å². The minimum absolute atomic E-state index is 0.232. The maximum atomic E-state index is 13.4. The van der Waals surface area contributed by atoms with Gasteiger partial charge in [-0.25, -0.2) is 8.78 Å². The zero-order valence-electron chi connectivity index (χ0n) is 11.0. The van der Waals surface area contributed by atoms with E-state index in [0.717, 1.165) is 6.07 Å². The summed E-state index contributed by atoms with van der Waals surface area (Å²) in [6, 6.07) is 2.90. The fourth-order valence-electron chi connectivity index (χ4n) is 1.82. The van der Waals surface area contributed by atoms with Crippen LogP contribution in [0.15, 0.2) is 18.2 Å². The predicted octanol–water partition coefficient (Wildman–Crippen LogP) is 3.09. The molecule has 106 valence electrons. The fourth-order valence-corrected chi connectivity index (χ4v) is 1.82. The highest BCUT2D eigenvalue weighted by atomic mass is 19.1. The number of hydrogen-bond donors (Lipinski definition) is 1. The Hall–Kier alpha value is -1.49. The Kier molecular flexibility index (Phi) is 6.42. The van der Waals surface area contributed by atoms with E-state index in [4.69, 9.17) is 10.5 Å². The monoisotopic (exact) mass is 271 g/mol. The van der Waals surface area contributed by atoms with E-state index in [1.54, 1.807) is 6.92 Å². The molecule has 0 aromatic heterocycles. The number of ether oxygens (including phenoxy) is 1. The Bertz CT molecular complexity index is 424. The van der Waals surface area contributed by atoms with Crippen LogP contribution in [0.5, 0.6) is 0 Å². The first-order valence-electron chi connectivity index (χ1n) is 6.40. The van der Waals surface area contributed by atoms with Crippen LogP contribution in [0.4, 0.5) is 8.78 Å². The normalized spacial score (nSPS) is 12.2. The van der Waals surface area contributed by atoms with Crippen molar-refractivity contribution in [2.45, 2.75) is 38.6 Å². The second kappa shape index (κ2) is 7.84. The maximum absolute atomic E-state index is 13.4. The molecule has 0 aliphatic rings. The highest BCUT2D eigenvalue weighted by Crippen LogP contribution is 2.21. The number of carbonyl (C=O) groups excluding carboxylic acids is 1. The summed E-state index contributed by atoms with van der Waals surface area (Å²) in [5.41, 5.74) is 6.15. The SMILES string of the molecule is CCOC(=O)CCCCC(N)c1ccc(F)cc1F. The molecule has 0 spiro atoms. The van der Waals surface area contributed by atoms with E-state index in [0.29, 0.717) is 37.9 Å². The Morgan fingerprint density at radius 3 is 2.74 bits per heavy atom. The highest BCUT2D eigenvalue weighted by Gasteiger charge is 2.12. The lowest BCUT2D eigenvalue weighted by Gasteiger charge is -2.12. The molecule has 1 atom stereocenters. The third-order valence-corrected chi connectivity index (χ3v) is 2.81. The van der Waals surface area contributed by atoms with E-state index in [-0.39, 0.29) is 5.97 Å². The lowest BCUT2D eigenvalue weighted by atomic mass is 10.0. The molecule has 0 fully saturated rings. The topological polar surface area (TPSA) is 52.3 Å². The van der Waals surface area contributed by atoms with Crippen LogP contribution >= 0.6 is 0 Å². The van der Waals surface area contributed by atoms with Gasteiger partial charge >= 0.3 is 5.97 Å². The average Bonchev–Trinajstić information content (AvgIpc) is 2.34. The summed E-state index contributed by atoms with van der Waals surface area (Å²) in [5.74, 6) is -1.47. The van der Waals surface area contributed by atoms with Crippen LogP contribution in [0, 0.1) is 11.6 Å². The van der Waals surface area contributed by atoms with Gasteiger partial charge in [0.05, 0.1) is 6.61 Å². The second-order valence-corrected chi connectivity index (χ2v) is 4.32. The molecule has 0 amide bonds. The number of halogens is 2. The lowest BCUT2D eigenvalue weighted by Crippen LogP contribution is -2.12. The Labute approximate surface area is 111 Å². The van der Waals surface area contributed by atoms with Crippen LogP contribution in [0.3, 0.4) is 0 Å². The van der Waals surface area contributed by atoms with Crippen molar-refractivity contribution in [3.63, 3.8) is 0 Å². The zero-order valence-corrected chi connectivity index (χ0v) is 11.0. The summed E-state index contributed by atoms with van der Waals surface area (Å²) in [5, 5.41) is 0. The molecule has 0 bridgehead atoms. The molecule has 0 radical (unpaired) electrons. The number of nitrogens with two attached hydrogens (primary N) is 1. The van der Waals surface area contributed by atoms with Crippen molar-refractivity contribution >= 4 is 5.97 Å². The molecule has 1 unspecified atom stereocenters. The number of hydrogen-bond acceptors (Lipinski definition) is 3. The largest absolute Gasteiger partial charge is 0.466 e. The molecule has 0 saturated carbocycles. The van der Waals surface area contributed by atoms with E-state index in [1.807, 2.05) is 0 Å². The van der Waals surface area contributed by atoms with Gasteiger partial charge in [-0.1, -0.05) is 12.5 Å². The van der Waals surface area contributed by atoms with Gasteiger partial charge in [0.15, 0.2) is 0 Å². The summed E-state index contributed by atoms with van der Waals surface area (Å²) in [7, 11) is 0. The van der Waals surface area contributed by atoms with E-state index in [1.165, 1.54) is 12.1 Å². The van der Waals surface area contributed by atoms with Crippen LogP contribution < -0.4 is 5.73 Å². The molecular formula is C14H19F2NO2. The zero-order chi connectivity index (χ0) is 14.3. The number of carbonyl (C=O) groups is 1. The smallest absolute Gasteiger partial charge is 0.305 e.